The summed E-state index contributed by atoms with van der Waals surface area (Å²) in [5.74, 6) is 2.60. The van der Waals surface area contributed by atoms with Crippen LogP contribution < -0.4 is 14.8 Å². The predicted molar refractivity (Wildman–Crippen MR) is 128 cm³/mol. The van der Waals surface area contributed by atoms with Gasteiger partial charge >= 0.3 is 0 Å². The van der Waals surface area contributed by atoms with Crippen LogP contribution in [0.2, 0.25) is 0 Å². The number of nitrogens with one attached hydrogen (secondary N) is 1. The molecule has 0 saturated heterocycles. The van der Waals surface area contributed by atoms with E-state index in [0.29, 0.717) is 18.0 Å². The van der Waals surface area contributed by atoms with Gasteiger partial charge in [0.05, 0.1) is 25.2 Å². The topological polar surface area (TPSA) is 78.3 Å². The van der Waals surface area contributed by atoms with E-state index in [1.165, 1.54) is 22.9 Å². The maximum absolute atomic E-state index is 12.4. The Kier molecular flexibility index (Phi) is 8.56. The second-order valence-electron chi connectivity index (χ2n) is 7.37. The molecule has 32 heavy (non-hydrogen) atoms. The first-order valence-corrected chi connectivity index (χ1v) is 11.7. The van der Waals surface area contributed by atoms with Crippen molar-refractivity contribution in [3.63, 3.8) is 0 Å². The van der Waals surface area contributed by atoms with Gasteiger partial charge in [0.2, 0.25) is 5.91 Å². The number of amides is 1. The number of aromatic nitrogens is 3. The fourth-order valence-corrected chi connectivity index (χ4v) is 4.10. The molecule has 1 aromatic heterocycles. The van der Waals surface area contributed by atoms with E-state index in [1.54, 1.807) is 7.11 Å². The standard InChI is InChI=1S/C24H30N4O3S/c1-5-31-21-11-7-6-10-20(21)25-23(29)16-32-24-27-26-22(28(24)3)12-8-9-18-13-14-19(30-4)15-17(18)2/h6-7,10-11,13-15H,5,8-9,12,16H2,1-4H3,(H,25,29). The molecule has 0 bridgehead atoms. The Hall–Kier alpha value is -3.00. The van der Waals surface area contributed by atoms with E-state index in [-0.39, 0.29) is 11.7 Å². The summed E-state index contributed by atoms with van der Waals surface area (Å²) in [6, 6.07) is 13.6. The average molecular weight is 455 g/mol. The third-order valence-electron chi connectivity index (χ3n) is 5.11. The van der Waals surface area contributed by atoms with Crippen molar-refractivity contribution in [3.8, 4) is 11.5 Å². The van der Waals surface area contributed by atoms with E-state index in [1.807, 2.05) is 48.9 Å². The molecule has 2 aromatic carbocycles. The maximum atomic E-state index is 12.4. The van der Waals surface area contributed by atoms with Gasteiger partial charge in [0.15, 0.2) is 5.16 Å². The third-order valence-corrected chi connectivity index (χ3v) is 6.13. The van der Waals surface area contributed by atoms with Gasteiger partial charge in [-0.1, -0.05) is 30.0 Å². The van der Waals surface area contributed by atoms with E-state index < -0.39 is 0 Å². The second-order valence-corrected chi connectivity index (χ2v) is 8.31. The molecule has 0 atom stereocenters. The lowest BCUT2D eigenvalue weighted by Crippen LogP contribution is -2.15. The number of methoxy groups -OCH3 is 1. The fourth-order valence-electron chi connectivity index (χ4n) is 3.37. The number of benzene rings is 2. The summed E-state index contributed by atoms with van der Waals surface area (Å²) in [7, 11) is 3.63. The number of thioether (sulfide) groups is 1. The van der Waals surface area contributed by atoms with Crippen LogP contribution >= 0.6 is 11.8 Å². The number of anilines is 1. The van der Waals surface area contributed by atoms with Crippen molar-refractivity contribution >= 4 is 23.4 Å². The van der Waals surface area contributed by atoms with Crippen molar-refractivity contribution < 1.29 is 14.3 Å². The molecule has 8 heteroatoms. The SMILES string of the molecule is CCOc1ccccc1NC(=O)CSc1nnc(CCCc2ccc(OC)cc2C)n1C. The highest BCUT2D eigenvalue weighted by atomic mass is 32.2. The number of para-hydroxylation sites is 2. The van der Waals surface area contributed by atoms with Gasteiger partial charge in [-0.3, -0.25) is 4.79 Å². The van der Waals surface area contributed by atoms with Crippen LogP contribution in [-0.4, -0.2) is 40.1 Å². The highest BCUT2D eigenvalue weighted by Crippen LogP contribution is 2.25. The number of hydrogen-bond acceptors (Lipinski definition) is 6. The molecule has 0 aliphatic rings. The van der Waals surface area contributed by atoms with Crippen LogP contribution in [0.15, 0.2) is 47.6 Å². The van der Waals surface area contributed by atoms with Gasteiger partial charge in [0.1, 0.15) is 17.3 Å². The zero-order valence-electron chi connectivity index (χ0n) is 19.1. The molecule has 3 aromatic rings. The van der Waals surface area contributed by atoms with Crippen molar-refractivity contribution in [2.45, 2.75) is 38.3 Å². The van der Waals surface area contributed by atoms with E-state index in [9.17, 15) is 4.79 Å². The van der Waals surface area contributed by atoms with Gasteiger partial charge in [0.25, 0.3) is 0 Å². The fraction of sp³-hybridized carbons (Fsp3) is 0.375. The molecule has 0 spiro atoms. The number of rotatable bonds is 11. The Morgan fingerprint density at radius 3 is 2.72 bits per heavy atom. The lowest BCUT2D eigenvalue weighted by Gasteiger charge is -2.11. The zero-order valence-corrected chi connectivity index (χ0v) is 19.9. The maximum Gasteiger partial charge on any atom is 0.234 e. The van der Waals surface area contributed by atoms with Crippen LogP contribution in [0.1, 0.15) is 30.3 Å². The summed E-state index contributed by atoms with van der Waals surface area (Å²) < 4.78 is 12.8. The summed E-state index contributed by atoms with van der Waals surface area (Å²) >= 11 is 1.37. The molecule has 0 fully saturated rings. The van der Waals surface area contributed by atoms with E-state index >= 15 is 0 Å². The Labute approximate surface area is 193 Å². The van der Waals surface area contributed by atoms with Crippen LogP contribution in [0.25, 0.3) is 0 Å². The van der Waals surface area contributed by atoms with Gasteiger partial charge in [-0.2, -0.15) is 0 Å². The first kappa shape index (κ1) is 23.7. The highest BCUT2D eigenvalue weighted by Gasteiger charge is 2.13. The molecular formula is C24H30N4O3S. The number of carbonyl (C=O) groups excluding carboxylic acids is 1. The minimum atomic E-state index is -0.110. The third kappa shape index (κ3) is 6.26. The normalized spacial score (nSPS) is 10.8. The molecule has 170 valence electrons. The molecule has 0 unspecified atom stereocenters. The van der Waals surface area contributed by atoms with Gasteiger partial charge in [0, 0.05) is 13.5 Å². The highest BCUT2D eigenvalue weighted by molar-refractivity contribution is 7.99. The van der Waals surface area contributed by atoms with Crippen molar-refractivity contribution in [2.75, 3.05) is 24.8 Å². The molecule has 0 saturated carbocycles. The largest absolute Gasteiger partial charge is 0.497 e. The number of ether oxygens (including phenoxy) is 2. The van der Waals surface area contributed by atoms with E-state index in [0.717, 1.165) is 36.0 Å². The van der Waals surface area contributed by atoms with Crippen molar-refractivity contribution in [3.05, 3.63) is 59.4 Å². The number of aryl methyl sites for hydroxylation is 3. The molecule has 7 nitrogen and oxygen atoms in total. The number of nitrogens with zero attached hydrogens (tertiary/aromatic N) is 3. The lowest BCUT2D eigenvalue weighted by molar-refractivity contribution is -0.113. The van der Waals surface area contributed by atoms with E-state index in [4.69, 9.17) is 9.47 Å². The monoisotopic (exact) mass is 454 g/mol. The Bertz CT molecular complexity index is 1050. The van der Waals surface area contributed by atoms with Gasteiger partial charge < -0.3 is 19.4 Å². The predicted octanol–water partition coefficient (Wildman–Crippen LogP) is 4.44. The van der Waals surface area contributed by atoms with Crippen molar-refractivity contribution in [1.29, 1.82) is 0 Å². The van der Waals surface area contributed by atoms with Crippen LogP contribution in [0.4, 0.5) is 5.69 Å². The van der Waals surface area contributed by atoms with Crippen molar-refractivity contribution in [1.82, 2.24) is 14.8 Å². The molecule has 0 radical (unpaired) electrons. The van der Waals surface area contributed by atoms with Gasteiger partial charge in [-0.05, 0) is 62.1 Å². The molecule has 1 heterocycles. The molecule has 1 amide bonds. The number of carbonyl (C=O) groups is 1. The van der Waals surface area contributed by atoms with Crippen LogP contribution in [0, 0.1) is 6.92 Å². The van der Waals surface area contributed by atoms with Gasteiger partial charge in [-0.25, -0.2) is 0 Å². The summed E-state index contributed by atoms with van der Waals surface area (Å²) in [4.78, 5) is 12.4. The summed E-state index contributed by atoms with van der Waals surface area (Å²) in [5.41, 5.74) is 3.22. The smallest absolute Gasteiger partial charge is 0.234 e. The summed E-state index contributed by atoms with van der Waals surface area (Å²) in [6.07, 6.45) is 2.76. The lowest BCUT2D eigenvalue weighted by atomic mass is 10.0. The first-order valence-electron chi connectivity index (χ1n) is 10.7. The average Bonchev–Trinajstić information content (AvgIpc) is 3.14. The zero-order chi connectivity index (χ0) is 22.9. The molecule has 0 aliphatic heterocycles. The van der Waals surface area contributed by atoms with Crippen LogP contribution in [0.3, 0.4) is 0 Å². The Balaban J connectivity index is 1.50. The summed E-state index contributed by atoms with van der Waals surface area (Å²) in [6.45, 7) is 4.56. The molecule has 0 aliphatic carbocycles. The van der Waals surface area contributed by atoms with Crippen molar-refractivity contribution in [2.24, 2.45) is 7.05 Å². The quantitative estimate of drug-likeness (QED) is 0.432. The minimum Gasteiger partial charge on any atom is -0.497 e. The molecule has 3 rings (SSSR count). The second kappa shape index (κ2) is 11.6. The Morgan fingerprint density at radius 1 is 1.16 bits per heavy atom. The molecular weight excluding hydrogens is 424 g/mol. The van der Waals surface area contributed by atoms with Crippen LogP contribution in [0.5, 0.6) is 11.5 Å². The van der Waals surface area contributed by atoms with Gasteiger partial charge in [-0.15, -0.1) is 10.2 Å². The Morgan fingerprint density at radius 2 is 1.97 bits per heavy atom. The van der Waals surface area contributed by atoms with E-state index in [2.05, 4.69) is 34.6 Å². The summed E-state index contributed by atoms with van der Waals surface area (Å²) in [5, 5.41) is 12.2. The van der Waals surface area contributed by atoms with Crippen LogP contribution in [-0.2, 0) is 24.7 Å². The number of hydrogen-bond donors (Lipinski definition) is 1. The first-order chi connectivity index (χ1) is 15.5. The molecule has 1 N–H and O–H groups in total. The minimum absolute atomic E-state index is 0.110.